The van der Waals surface area contributed by atoms with Gasteiger partial charge in [0.05, 0.1) is 6.61 Å². The normalized spacial score (nSPS) is 13.5. The summed E-state index contributed by atoms with van der Waals surface area (Å²) in [6, 6.07) is 7.05. The molecule has 5 heteroatoms. The first-order valence-corrected chi connectivity index (χ1v) is 8.20. The predicted molar refractivity (Wildman–Crippen MR) is 84.7 cm³/mol. The first-order valence-electron chi connectivity index (χ1n) is 7.04. The van der Waals surface area contributed by atoms with Crippen molar-refractivity contribution in [3.8, 4) is 0 Å². The second kappa shape index (κ2) is 8.08. The molecule has 0 heterocycles. The van der Waals surface area contributed by atoms with Crippen LogP contribution in [0.4, 0.5) is 0 Å². The zero-order valence-electron chi connectivity index (χ0n) is 12.7. The molecule has 0 aromatic heterocycles. The van der Waals surface area contributed by atoms with Gasteiger partial charge in [0.2, 0.25) is 0 Å². The van der Waals surface area contributed by atoms with Gasteiger partial charge in [-0.15, -0.1) is 0 Å². The van der Waals surface area contributed by atoms with Crippen molar-refractivity contribution in [3.05, 3.63) is 35.4 Å². The third-order valence-electron chi connectivity index (χ3n) is 3.36. The molecular formula is C16H22O4S. The number of hydrogen-bond acceptors (Lipinski definition) is 4. The summed E-state index contributed by atoms with van der Waals surface area (Å²) in [5.41, 5.74) is -0.119. The molecule has 1 rings (SSSR count). The molecule has 0 saturated carbocycles. The fourth-order valence-corrected chi connectivity index (χ4v) is 2.88. The minimum atomic E-state index is -1.62. The van der Waals surface area contributed by atoms with E-state index in [-0.39, 0.29) is 13.0 Å². The molecule has 116 valence electrons. The van der Waals surface area contributed by atoms with Gasteiger partial charge < -0.3 is 9.84 Å². The summed E-state index contributed by atoms with van der Waals surface area (Å²) in [6.07, 6.45) is 0.225. The Bertz CT molecular complexity index is 484. The van der Waals surface area contributed by atoms with Crippen LogP contribution in [0, 0.1) is 6.92 Å². The number of carboxylic acids is 1. The topological polar surface area (TPSA) is 63.6 Å². The molecule has 1 aromatic carbocycles. The Kier molecular flexibility index (Phi) is 6.75. The molecule has 21 heavy (non-hydrogen) atoms. The number of ether oxygens (including phenoxy) is 1. The van der Waals surface area contributed by atoms with Crippen molar-refractivity contribution in [1.82, 2.24) is 0 Å². The number of hydrogen-bond donors (Lipinski definition) is 1. The molecule has 1 unspecified atom stereocenters. The van der Waals surface area contributed by atoms with E-state index in [1.165, 1.54) is 0 Å². The van der Waals surface area contributed by atoms with Crippen molar-refractivity contribution in [1.29, 1.82) is 0 Å². The van der Waals surface area contributed by atoms with Crippen LogP contribution in [-0.2, 0) is 19.7 Å². The van der Waals surface area contributed by atoms with Gasteiger partial charge >= 0.3 is 11.9 Å². The third-order valence-corrected chi connectivity index (χ3v) is 4.26. The first kappa shape index (κ1) is 17.6. The Morgan fingerprint density at radius 3 is 2.33 bits per heavy atom. The van der Waals surface area contributed by atoms with E-state index in [0.29, 0.717) is 11.3 Å². The molecule has 1 atom stereocenters. The lowest BCUT2D eigenvalue weighted by atomic mass is 9.78. The molecule has 1 aromatic rings. The van der Waals surface area contributed by atoms with Gasteiger partial charge in [-0.25, -0.2) is 0 Å². The number of rotatable bonds is 8. The van der Waals surface area contributed by atoms with E-state index in [4.69, 9.17) is 4.74 Å². The van der Waals surface area contributed by atoms with Gasteiger partial charge in [0.1, 0.15) is 0 Å². The minimum Gasteiger partial charge on any atom is -0.480 e. The highest BCUT2D eigenvalue weighted by molar-refractivity contribution is 7.99. The molecule has 0 aliphatic heterocycles. The number of carbonyl (C=O) groups excluding carboxylic acids is 1. The molecule has 0 amide bonds. The highest BCUT2D eigenvalue weighted by Crippen LogP contribution is 2.32. The minimum absolute atomic E-state index is 0.167. The zero-order valence-corrected chi connectivity index (χ0v) is 13.5. The van der Waals surface area contributed by atoms with Gasteiger partial charge in [-0.3, -0.25) is 9.59 Å². The van der Waals surface area contributed by atoms with Gasteiger partial charge in [0, 0.05) is 0 Å². The Morgan fingerprint density at radius 2 is 1.86 bits per heavy atom. The average molecular weight is 310 g/mol. The maximum absolute atomic E-state index is 12.4. The summed E-state index contributed by atoms with van der Waals surface area (Å²) in [6.45, 7) is 5.77. The van der Waals surface area contributed by atoms with E-state index in [9.17, 15) is 14.7 Å². The van der Waals surface area contributed by atoms with Gasteiger partial charge in [0.25, 0.3) is 0 Å². The van der Waals surface area contributed by atoms with Crippen molar-refractivity contribution in [2.45, 2.75) is 32.6 Å². The van der Waals surface area contributed by atoms with Crippen molar-refractivity contribution in [2.75, 3.05) is 18.1 Å². The van der Waals surface area contributed by atoms with Crippen LogP contribution < -0.4 is 0 Å². The lowest BCUT2D eigenvalue weighted by Crippen LogP contribution is -2.45. The quantitative estimate of drug-likeness (QED) is 0.454. The summed E-state index contributed by atoms with van der Waals surface area (Å²) in [5, 5.41) is 9.73. The number of thioether (sulfide) groups is 1. The van der Waals surface area contributed by atoms with Gasteiger partial charge in [-0.05, 0) is 37.3 Å². The van der Waals surface area contributed by atoms with Crippen molar-refractivity contribution in [3.63, 3.8) is 0 Å². The van der Waals surface area contributed by atoms with Crippen LogP contribution in [-0.4, -0.2) is 35.2 Å². The van der Waals surface area contributed by atoms with E-state index >= 15 is 0 Å². The largest absolute Gasteiger partial charge is 0.480 e. The van der Waals surface area contributed by atoms with Crippen LogP contribution in [0.1, 0.15) is 31.4 Å². The highest BCUT2D eigenvalue weighted by Gasteiger charge is 2.48. The zero-order chi connectivity index (χ0) is 15.9. The number of carboxylic acid groups (broad SMARTS) is 1. The Morgan fingerprint density at radius 1 is 1.24 bits per heavy atom. The molecule has 0 bridgehead atoms. The first-order chi connectivity index (χ1) is 9.98. The molecule has 1 N–H and O–H groups in total. The van der Waals surface area contributed by atoms with Crippen LogP contribution in [0.2, 0.25) is 0 Å². The number of esters is 1. The number of carbonyl (C=O) groups is 2. The molecule has 0 aliphatic carbocycles. The van der Waals surface area contributed by atoms with E-state index in [0.717, 1.165) is 11.3 Å². The van der Waals surface area contributed by atoms with Gasteiger partial charge in [0.15, 0.2) is 5.41 Å². The molecule has 0 radical (unpaired) electrons. The van der Waals surface area contributed by atoms with E-state index in [1.807, 2.05) is 26.0 Å². The predicted octanol–water partition coefficient (Wildman–Crippen LogP) is 3.02. The van der Waals surface area contributed by atoms with E-state index < -0.39 is 17.4 Å². The second-order valence-corrected chi connectivity index (χ2v) is 6.14. The summed E-state index contributed by atoms with van der Waals surface area (Å²) in [4.78, 5) is 24.3. The van der Waals surface area contributed by atoms with Crippen LogP contribution in [0.15, 0.2) is 24.3 Å². The SMILES string of the molecule is CCOC(=O)C(CCSCC)(C(=O)O)c1ccc(C)cc1. The maximum atomic E-state index is 12.4. The fraction of sp³-hybridized carbons (Fsp3) is 0.500. The summed E-state index contributed by atoms with van der Waals surface area (Å²) in [5.74, 6) is -0.360. The number of aliphatic carboxylic acids is 1. The van der Waals surface area contributed by atoms with Crippen LogP contribution in [0.5, 0.6) is 0 Å². The third kappa shape index (κ3) is 4.00. The molecule has 0 spiro atoms. The van der Waals surface area contributed by atoms with Crippen LogP contribution in [0.25, 0.3) is 0 Å². The van der Waals surface area contributed by atoms with Crippen LogP contribution >= 0.6 is 11.8 Å². The average Bonchev–Trinajstić information content (AvgIpc) is 2.45. The van der Waals surface area contributed by atoms with Crippen molar-refractivity contribution < 1.29 is 19.4 Å². The summed E-state index contributed by atoms with van der Waals surface area (Å²) >= 11 is 1.61. The van der Waals surface area contributed by atoms with Gasteiger partial charge in [-0.2, -0.15) is 11.8 Å². The monoisotopic (exact) mass is 310 g/mol. The lowest BCUT2D eigenvalue weighted by Gasteiger charge is -2.27. The number of benzene rings is 1. The molecule has 0 saturated heterocycles. The molecule has 0 aliphatic rings. The van der Waals surface area contributed by atoms with E-state index in [2.05, 4.69) is 0 Å². The van der Waals surface area contributed by atoms with Crippen LogP contribution in [0.3, 0.4) is 0 Å². The van der Waals surface area contributed by atoms with Crippen molar-refractivity contribution in [2.24, 2.45) is 0 Å². The molecule has 0 fully saturated rings. The lowest BCUT2D eigenvalue weighted by molar-refractivity contribution is -0.161. The summed E-state index contributed by atoms with van der Waals surface area (Å²) < 4.78 is 5.06. The number of aryl methyl sites for hydroxylation is 1. The fourth-order valence-electron chi connectivity index (χ4n) is 2.14. The molecule has 4 nitrogen and oxygen atoms in total. The smallest absolute Gasteiger partial charge is 0.328 e. The Labute approximate surface area is 129 Å². The highest BCUT2D eigenvalue weighted by atomic mass is 32.2. The van der Waals surface area contributed by atoms with Crippen molar-refractivity contribution >= 4 is 23.7 Å². The second-order valence-electron chi connectivity index (χ2n) is 4.74. The van der Waals surface area contributed by atoms with E-state index in [1.54, 1.807) is 30.8 Å². The standard InChI is InChI=1S/C16H22O4S/c1-4-20-15(19)16(14(17)18,10-11-21-5-2)13-8-6-12(3)7-9-13/h6-9H,4-5,10-11H2,1-3H3,(H,17,18). The summed E-state index contributed by atoms with van der Waals surface area (Å²) in [7, 11) is 0. The van der Waals surface area contributed by atoms with Gasteiger partial charge in [-0.1, -0.05) is 36.8 Å². The Hall–Kier alpha value is -1.49. The maximum Gasteiger partial charge on any atom is 0.328 e. The molecular weight excluding hydrogens is 288 g/mol. The Balaban J connectivity index is 3.25.